The summed E-state index contributed by atoms with van der Waals surface area (Å²) in [5, 5.41) is 24.4. The summed E-state index contributed by atoms with van der Waals surface area (Å²) in [7, 11) is 0. The Morgan fingerprint density at radius 1 is 1.00 bits per heavy atom. The van der Waals surface area contributed by atoms with Gasteiger partial charge in [0.15, 0.2) is 11.7 Å². The summed E-state index contributed by atoms with van der Waals surface area (Å²) in [5.74, 6) is 1.01. The maximum atomic E-state index is 8.96. The molecular formula is C11H13N5O2. The molecule has 0 bridgehead atoms. The SMILES string of the molecule is O/N=C(/c1ccc(/C(=N/O)N2CC2)nc1)N1CC1. The lowest BCUT2D eigenvalue weighted by Crippen LogP contribution is -2.16. The van der Waals surface area contributed by atoms with Crippen LogP contribution in [0, 0.1) is 0 Å². The molecule has 1 aromatic rings. The molecule has 3 heterocycles. The molecule has 2 aliphatic rings. The number of hydrogen-bond acceptors (Lipinski definition) is 5. The fourth-order valence-corrected chi connectivity index (χ4v) is 1.76. The summed E-state index contributed by atoms with van der Waals surface area (Å²) < 4.78 is 0. The molecular weight excluding hydrogens is 234 g/mol. The molecule has 1 aromatic heterocycles. The average Bonchev–Trinajstić information content (AvgIpc) is 3.26. The summed E-state index contributed by atoms with van der Waals surface area (Å²) in [5.41, 5.74) is 1.36. The predicted octanol–water partition coefficient (Wildman–Crippen LogP) is -0.0156. The molecule has 0 aliphatic carbocycles. The van der Waals surface area contributed by atoms with E-state index in [1.165, 1.54) is 0 Å². The Morgan fingerprint density at radius 2 is 1.61 bits per heavy atom. The number of amidine groups is 2. The Bertz CT molecular complexity index is 456. The standard InChI is InChI=1S/C11H13N5O2/c17-13-10(15-3-4-15)8-1-2-9(12-7-8)11(14-18)16-5-6-16/h1-2,7,17-18H,3-6H2/b13-10-,14-11-. The second kappa shape index (κ2) is 4.17. The molecule has 0 amide bonds. The van der Waals surface area contributed by atoms with E-state index in [-0.39, 0.29) is 0 Å². The highest BCUT2D eigenvalue weighted by atomic mass is 16.4. The average molecular weight is 247 g/mol. The van der Waals surface area contributed by atoms with Crippen molar-refractivity contribution in [2.75, 3.05) is 26.2 Å². The first-order valence-electron chi connectivity index (χ1n) is 5.74. The van der Waals surface area contributed by atoms with Crippen LogP contribution in [0.4, 0.5) is 0 Å². The Morgan fingerprint density at radius 3 is 2.06 bits per heavy atom. The van der Waals surface area contributed by atoms with E-state index in [1.807, 2.05) is 15.9 Å². The van der Waals surface area contributed by atoms with Gasteiger partial charge in [0.05, 0.1) is 0 Å². The third-order valence-electron chi connectivity index (χ3n) is 2.93. The third kappa shape index (κ3) is 1.94. The van der Waals surface area contributed by atoms with Crippen LogP contribution in [0.1, 0.15) is 11.3 Å². The highest BCUT2D eigenvalue weighted by Crippen LogP contribution is 2.15. The minimum atomic E-state index is 0.482. The van der Waals surface area contributed by atoms with E-state index in [0.29, 0.717) is 17.4 Å². The minimum absolute atomic E-state index is 0.482. The minimum Gasteiger partial charge on any atom is -0.409 e. The van der Waals surface area contributed by atoms with Gasteiger partial charge in [-0.25, -0.2) is 0 Å². The van der Waals surface area contributed by atoms with Crippen LogP contribution in [0.5, 0.6) is 0 Å². The summed E-state index contributed by atoms with van der Waals surface area (Å²) in [4.78, 5) is 8.08. The van der Waals surface area contributed by atoms with Gasteiger partial charge < -0.3 is 20.2 Å². The molecule has 0 spiro atoms. The number of nitrogens with zero attached hydrogens (tertiary/aromatic N) is 5. The molecule has 2 aliphatic heterocycles. The van der Waals surface area contributed by atoms with Gasteiger partial charge in [-0.15, -0.1) is 0 Å². The van der Waals surface area contributed by atoms with Crippen molar-refractivity contribution in [1.82, 2.24) is 14.8 Å². The van der Waals surface area contributed by atoms with Crippen LogP contribution in [0.2, 0.25) is 0 Å². The molecule has 2 fully saturated rings. The summed E-state index contributed by atoms with van der Waals surface area (Å²) in [6.45, 7) is 3.58. The molecule has 0 unspecified atom stereocenters. The first kappa shape index (κ1) is 10.8. The second-order valence-electron chi connectivity index (χ2n) is 4.25. The highest BCUT2D eigenvalue weighted by molar-refractivity contribution is 6.01. The number of pyridine rings is 1. The van der Waals surface area contributed by atoms with E-state index in [4.69, 9.17) is 10.4 Å². The van der Waals surface area contributed by atoms with E-state index < -0.39 is 0 Å². The normalized spacial score (nSPS) is 19.1. The number of oxime groups is 2. The Hall–Kier alpha value is -2.31. The highest BCUT2D eigenvalue weighted by Gasteiger charge is 2.27. The second-order valence-corrected chi connectivity index (χ2v) is 4.25. The molecule has 7 nitrogen and oxygen atoms in total. The molecule has 0 saturated carbocycles. The zero-order valence-electron chi connectivity index (χ0n) is 9.69. The summed E-state index contributed by atoms with van der Waals surface area (Å²) in [6, 6.07) is 3.57. The number of hydrogen-bond donors (Lipinski definition) is 2. The van der Waals surface area contributed by atoms with Crippen molar-refractivity contribution in [2.45, 2.75) is 0 Å². The van der Waals surface area contributed by atoms with Crippen molar-refractivity contribution in [3.05, 3.63) is 29.6 Å². The molecule has 94 valence electrons. The lowest BCUT2D eigenvalue weighted by molar-refractivity contribution is 0.313. The van der Waals surface area contributed by atoms with Crippen LogP contribution in [-0.4, -0.2) is 63.0 Å². The largest absolute Gasteiger partial charge is 0.409 e. The maximum Gasteiger partial charge on any atom is 0.194 e. The molecule has 0 atom stereocenters. The molecule has 0 aromatic carbocycles. The van der Waals surface area contributed by atoms with Gasteiger partial charge in [-0.1, -0.05) is 10.3 Å². The van der Waals surface area contributed by atoms with Crippen molar-refractivity contribution < 1.29 is 10.4 Å². The Labute approximate surface area is 104 Å². The lowest BCUT2D eigenvalue weighted by Gasteiger charge is -2.07. The molecule has 18 heavy (non-hydrogen) atoms. The smallest absolute Gasteiger partial charge is 0.194 e. The zero-order chi connectivity index (χ0) is 12.5. The van der Waals surface area contributed by atoms with Crippen molar-refractivity contribution in [3.8, 4) is 0 Å². The van der Waals surface area contributed by atoms with Gasteiger partial charge in [0.1, 0.15) is 5.69 Å². The van der Waals surface area contributed by atoms with E-state index >= 15 is 0 Å². The molecule has 3 rings (SSSR count). The first-order valence-corrected chi connectivity index (χ1v) is 5.74. The van der Waals surface area contributed by atoms with E-state index in [2.05, 4.69) is 15.3 Å². The van der Waals surface area contributed by atoms with Crippen LogP contribution < -0.4 is 0 Å². The van der Waals surface area contributed by atoms with Gasteiger partial charge in [-0.2, -0.15) is 0 Å². The van der Waals surface area contributed by atoms with Crippen LogP contribution in [0.3, 0.4) is 0 Å². The fourth-order valence-electron chi connectivity index (χ4n) is 1.76. The van der Waals surface area contributed by atoms with Gasteiger partial charge in [0.25, 0.3) is 0 Å². The van der Waals surface area contributed by atoms with Crippen LogP contribution in [0.15, 0.2) is 28.6 Å². The fraction of sp³-hybridized carbons (Fsp3) is 0.364. The zero-order valence-corrected chi connectivity index (χ0v) is 9.69. The van der Waals surface area contributed by atoms with Crippen LogP contribution in [-0.2, 0) is 0 Å². The van der Waals surface area contributed by atoms with Gasteiger partial charge >= 0.3 is 0 Å². The summed E-state index contributed by atoms with van der Waals surface area (Å²) >= 11 is 0. The van der Waals surface area contributed by atoms with Crippen LogP contribution in [0.25, 0.3) is 0 Å². The van der Waals surface area contributed by atoms with E-state index in [1.54, 1.807) is 12.3 Å². The van der Waals surface area contributed by atoms with E-state index in [9.17, 15) is 0 Å². The van der Waals surface area contributed by atoms with Crippen molar-refractivity contribution in [3.63, 3.8) is 0 Å². The molecule has 7 heteroatoms. The maximum absolute atomic E-state index is 8.96. The van der Waals surface area contributed by atoms with Gasteiger partial charge in [0, 0.05) is 37.9 Å². The quantitative estimate of drug-likeness (QED) is 0.252. The first-order chi connectivity index (χ1) is 8.83. The Kier molecular flexibility index (Phi) is 2.51. The lowest BCUT2D eigenvalue weighted by atomic mass is 10.2. The molecule has 2 saturated heterocycles. The van der Waals surface area contributed by atoms with Gasteiger partial charge in [-0.05, 0) is 12.1 Å². The number of aromatic nitrogens is 1. The molecule has 2 N–H and O–H groups in total. The third-order valence-corrected chi connectivity index (χ3v) is 2.93. The molecule has 0 radical (unpaired) electrons. The Balaban J connectivity index is 1.84. The predicted molar refractivity (Wildman–Crippen MR) is 64.0 cm³/mol. The van der Waals surface area contributed by atoms with Crippen molar-refractivity contribution in [2.24, 2.45) is 10.3 Å². The van der Waals surface area contributed by atoms with Gasteiger partial charge in [-0.3, -0.25) is 4.98 Å². The summed E-state index contributed by atoms with van der Waals surface area (Å²) in [6.07, 6.45) is 1.62. The topological polar surface area (TPSA) is 84.1 Å². The van der Waals surface area contributed by atoms with Gasteiger partial charge in [0.2, 0.25) is 0 Å². The van der Waals surface area contributed by atoms with Crippen molar-refractivity contribution >= 4 is 11.7 Å². The monoisotopic (exact) mass is 247 g/mol. The number of rotatable bonds is 2. The van der Waals surface area contributed by atoms with Crippen molar-refractivity contribution in [1.29, 1.82) is 0 Å². The van der Waals surface area contributed by atoms with E-state index in [0.717, 1.165) is 31.7 Å². The van der Waals surface area contributed by atoms with Crippen LogP contribution >= 0.6 is 0 Å².